The van der Waals surface area contributed by atoms with E-state index in [0.717, 1.165) is 12.1 Å². The van der Waals surface area contributed by atoms with Gasteiger partial charge in [-0.05, 0) is 23.8 Å². The zero-order valence-electron chi connectivity index (χ0n) is 15.0. The van der Waals surface area contributed by atoms with Gasteiger partial charge in [0.25, 0.3) is 11.4 Å². The molecule has 0 saturated carbocycles. The first-order valence-electron chi connectivity index (χ1n) is 8.31. The van der Waals surface area contributed by atoms with Crippen molar-refractivity contribution >= 4 is 40.5 Å². The lowest BCUT2D eigenvalue weighted by Crippen LogP contribution is -2.11. The topological polar surface area (TPSA) is 141 Å². The average Bonchev–Trinajstić information content (AvgIpc) is 2.98. The molecule has 0 aliphatic rings. The maximum absolute atomic E-state index is 11.6. The van der Waals surface area contributed by atoms with E-state index in [4.69, 9.17) is 23.2 Å². The summed E-state index contributed by atoms with van der Waals surface area (Å²) < 4.78 is 1.44. The Morgan fingerprint density at radius 3 is 2.30 bits per heavy atom. The van der Waals surface area contributed by atoms with Gasteiger partial charge in [-0.15, -0.1) is 0 Å². The summed E-state index contributed by atoms with van der Waals surface area (Å²) in [5.41, 5.74) is -0.186. The molecule has 0 radical (unpaired) electrons. The van der Waals surface area contributed by atoms with Crippen LogP contribution < -0.4 is 0 Å². The van der Waals surface area contributed by atoms with E-state index in [0.29, 0.717) is 10.6 Å². The minimum atomic E-state index is -1.17. The van der Waals surface area contributed by atoms with Gasteiger partial charge in [0.2, 0.25) is 0 Å². The van der Waals surface area contributed by atoms with Crippen LogP contribution in [0, 0.1) is 20.2 Å². The summed E-state index contributed by atoms with van der Waals surface area (Å²) in [4.78, 5) is 36.5. The normalized spacial score (nSPS) is 10.7. The number of benzene rings is 2. The molecule has 1 aromatic heterocycles. The van der Waals surface area contributed by atoms with E-state index < -0.39 is 33.6 Å². The molecular weight excluding hydrogens is 439 g/mol. The molecule has 0 unspecified atom stereocenters. The summed E-state index contributed by atoms with van der Waals surface area (Å²) in [5.74, 6) is -1.15. The third kappa shape index (κ3) is 4.39. The smallest absolute Gasteiger partial charge is 0.309 e. The minimum Gasteiger partial charge on any atom is -0.481 e. The number of imidazole rings is 1. The highest BCUT2D eigenvalue weighted by Crippen LogP contribution is 2.35. The van der Waals surface area contributed by atoms with Gasteiger partial charge in [0.15, 0.2) is 5.15 Å². The Morgan fingerprint density at radius 1 is 1.07 bits per heavy atom. The van der Waals surface area contributed by atoms with Gasteiger partial charge in [-0.1, -0.05) is 35.3 Å². The summed E-state index contributed by atoms with van der Waals surface area (Å²) >= 11 is 12.0. The van der Waals surface area contributed by atoms with E-state index in [2.05, 4.69) is 4.98 Å². The summed E-state index contributed by atoms with van der Waals surface area (Å²) in [6.45, 7) is 0.100. The van der Waals surface area contributed by atoms with Crippen molar-refractivity contribution in [3.8, 4) is 11.4 Å². The lowest BCUT2D eigenvalue weighted by molar-refractivity contribution is -0.393. The number of hydrogen-bond donors (Lipinski definition) is 1. The summed E-state index contributed by atoms with van der Waals surface area (Å²) in [5, 5.41) is 32.2. The van der Waals surface area contributed by atoms with Gasteiger partial charge in [-0.2, -0.15) is 0 Å². The molecule has 0 aliphatic carbocycles. The highest BCUT2D eigenvalue weighted by molar-refractivity contribution is 6.30. The molecule has 30 heavy (non-hydrogen) atoms. The third-order valence-corrected chi connectivity index (χ3v) is 4.78. The number of carboxylic acids is 1. The van der Waals surface area contributed by atoms with Crippen LogP contribution in [0.4, 0.5) is 11.4 Å². The molecule has 0 bridgehead atoms. The van der Waals surface area contributed by atoms with E-state index in [-0.39, 0.29) is 28.8 Å². The Kier molecular flexibility index (Phi) is 5.99. The number of non-ortho nitro benzene ring substituents is 1. The van der Waals surface area contributed by atoms with Crippen molar-refractivity contribution in [2.45, 2.75) is 13.0 Å². The standard InChI is InChI=1S/C18H12Cl2N4O6/c19-11-3-1-10(2-4-11)9-22-15(8-16(25)26)17(20)21-18(22)13-6-5-12(23(27)28)7-14(13)24(29)30/h1-7H,8-9H2,(H,25,26). The molecule has 0 amide bonds. The summed E-state index contributed by atoms with van der Waals surface area (Å²) in [6, 6.07) is 9.80. The molecular formula is C18H12Cl2N4O6. The molecule has 0 fully saturated rings. The Balaban J connectivity index is 2.22. The molecule has 0 spiro atoms. The molecule has 1 N–H and O–H groups in total. The first kappa shape index (κ1) is 21.2. The van der Waals surface area contributed by atoms with Gasteiger partial charge < -0.3 is 9.67 Å². The number of hydrogen-bond acceptors (Lipinski definition) is 6. The van der Waals surface area contributed by atoms with E-state index in [9.17, 15) is 30.1 Å². The van der Waals surface area contributed by atoms with Gasteiger partial charge in [-0.3, -0.25) is 25.0 Å². The van der Waals surface area contributed by atoms with Crippen LogP contribution in [0.1, 0.15) is 11.3 Å². The second-order valence-electron chi connectivity index (χ2n) is 6.17. The van der Waals surface area contributed by atoms with E-state index in [1.807, 2.05) is 0 Å². The van der Waals surface area contributed by atoms with Crippen LogP contribution in [0.5, 0.6) is 0 Å². The molecule has 3 rings (SSSR count). The predicted molar refractivity (Wildman–Crippen MR) is 108 cm³/mol. The highest BCUT2D eigenvalue weighted by Gasteiger charge is 2.27. The summed E-state index contributed by atoms with van der Waals surface area (Å²) in [6.07, 6.45) is -0.472. The van der Waals surface area contributed by atoms with Crippen LogP contribution >= 0.6 is 23.2 Å². The second-order valence-corrected chi connectivity index (χ2v) is 6.97. The molecule has 0 atom stereocenters. The second kappa shape index (κ2) is 8.47. The number of carbonyl (C=O) groups is 1. The SMILES string of the molecule is O=C(O)Cc1c(Cl)nc(-c2ccc([N+](=O)[O-])cc2[N+](=O)[O-])n1Cc1ccc(Cl)cc1. The third-order valence-electron chi connectivity index (χ3n) is 4.23. The predicted octanol–water partition coefficient (Wildman–Crippen LogP) is 4.35. The van der Waals surface area contributed by atoms with Gasteiger partial charge >= 0.3 is 5.97 Å². The lowest BCUT2D eigenvalue weighted by atomic mass is 10.1. The largest absolute Gasteiger partial charge is 0.481 e. The maximum Gasteiger partial charge on any atom is 0.309 e. The number of halogens is 2. The van der Waals surface area contributed by atoms with Gasteiger partial charge in [0.1, 0.15) is 5.82 Å². The molecule has 0 saturated heterocycles. The van der Waals surface area contributed by atoms with Crippen LogP contribution in [0.15, 0.2) is 42.5 Å². The number of nitro groups is 2. The Labute approximate surface area is 178 Å². The van der Waals surface area contributed by atoms with E-state index in [1.54, 1.807) is 24.3 Å². The molecule has 10 nitrogen and oxygen atoms in total. The van der Waals surface area contributed by atoms with Crippen molar-refractivity contribution in [2.24, 2.45) is 0 Å². The van der Waals surface area contributed by atoms with Crippen LogP contribution in [0.25, 0.3) is 11.4 Å². The van der Waals surface area contributed by atoms with Crippen molar-refractivity contribution in [3.05, 3.63) is 84.1 Å². The van der Waals surface area contributed by atoms with Crippen molar-refractivity contribution < 1.29 is 19.7 Å². The molecule has 0 aliphatic heterocycles. The maximum atomic E-state index is 11.6. The highest BCUT2D eigenvalue weighted by atomic mass is 35.5. The average molecular weight is 451 g/mol. The van der Waals surface area contributed by atoms with Gasteiger partial charge in [-0.25, -0.2) is 4.98 Å². The van der Waals surface area contributed by atoms with Crippen molar-refractivity contribution in [3.63, 3.8) is 0 Å². The zero-order valence-corrected chi connectivity index (χ0v) is 16.5. The van der Waals surface area contributed by atoms with Crippen molar-refractivity contribution in [2.75, 3.05) is 0 Å². The summed E-state index contributed by atoms with van der Waals surface area (Å²) in [7, 11) is 0. The van der Waals surface area contributed by atoms with Crippen molar-refractivity contribution in [1.29, 1.82) is 0 Å². The molecule has 1 heterocycles. The van der Waals surface area contributed by atoms with Crippen LogP contribution in [0.2, 0.25) is 10.2 Å². The van der Waals surface area contributed by atoms with Gasteiger partial charge in [0.05, 0.1) is 33.6 Å². The van der Waals surface area contributed by atoms with Crippen LogP contribution in [-0.2, 0) is 17.8 Å². The Morgan fingerprint density at radius 2 is 1.73 bits per heavy atom. The van der Waals surface area contributed by atoms with E-state index >= 15 is 0 Å². The monoisotopic (exact) mass is 450 g/mol. The number of carboxylic acid groups (broad SMARTS) is 1. The Bertz CT molecular complexity index is 1160. The van der Waals surface area contributed by atoms with Gasteiger partial charge in [0, 0.05) is 17.6 Å². The fourth-order valence-electron chi connectivity index (χ4n) is 2.89. The van der Waals surface area contributed by atoms with Crippen molar-refractivity contribution in [1.82, 2.24) is 9.55 Å². The fraction of sp³-hybridized carbons (Fsp3) is 0.111. The van der Waals surface area contributed by atoms with Crippen LogP contribution in [0.3, 0.4) is 0 Å². The van der Waals surface area contributed by atoms with E-state index in [1.165, 1.54) is 10.6 Å². The lowest BCUT2D eigenvalue weighted by Gasteiger charge is -2.12. The number of rotatable bonds is 7. The number of aromatic nitrogens is 2. The van der Waals surface area contributed by atoms with Crippen LogP contribution in [-0.4, -0.2) is 30.5 Å². The number of aliphatic carboxylic acids is 1. The fourth-order valence-corrected chi connectivity index (χ4v) is 3.27. The molecule has 2 aromatic carbocycles. The number of nitrogens with zero attached hydrogens (tertiary/aromatic N) is 4. The first-order chi connectivity index (χ1) is 14.2. The first-order valence-corrected chi connectivity index (χ1v) is 9.07. The zero-order chi connectivity index (χ0) is 22.0. The molecule has 154 valence electrons. The Hall–Kier alpha value is -3.50. The molecule has 12 heteroatoms. The molecule has 3 aromatic rings. The number of nitro benzene ring substituents is 2. The quantitative estimate of drug-likeness (QED) is 0.416. The minimum absolute atomic E-state index is 0.0211.